The van der Waals surface area contributed by atoms with Gasteiger partial charge >= 0.3 is 12.1 Å². The summed E-state index contributed by atoms with van der Waals surface area (Å²) in [5.41, 5.74) is 0.722. The summed E-state index contributed by atoms with van der Waals surface area (Å²) in [7, 11) is -2.95. The van der Waals surface area contributed by atoms with E-state index >= 15 is 0 Å². The highest BCUT2D eigenvalue weighted by molar-refractivity contribution is 7.92. The molecule has 0 unspecified atom stereocenters. The maximum atomic E-state index is 13.4. The molecule has 0 aliphatic carbocycles. The van der Waals surface area contributed by atoms with Gasteiger partial charge in [-0.15, -0.1) is 0 Å². The molecule has 1 aromatic heterocycles. The average molecular weight is 482 g/mol. The molecule has 3 rings (SSSR count). The number of esters is 1. The summed E-state index contributed by atoms with van der Waals surface area (Å²) >= 11 is 0. The quantitative estimate of drug-likeness (QED) is 0.461. The number of methoxy groups -OCH3 is 1. The van der Waals surface area contributed by atoms with Crippen molar-refractivity contribution in [2.45, 2.75) is 31.8 Å². The van der Waals surface area contributed by atoms with Gasteiger partial charge < -0.3 is 9.15 Å². The van der Waals surface area contributed by atoms with Crippen molar-refractivity contribution in [2.75, 3.05) is 18.0 Å². The number of aryl methyl sites for hydroxylation is 1. The molecule has 0 amide bonds. The molecule has 7 nitrogen and oxygen atoms in total. The number of carbonyl (C=O) groups excluding carboxylic acids is 1. The first-order valence-corrected chi connectivity index (χ1v) is 11.2. The smallest absolute Gasteiger partial charge is 0.416 e. The predicted octanol–water partition coefficient (Wildman–Crippen LogP) is 4.98. The number of halogens is 3. The van der Waals surface area contributed by atoms with Crippen LogP contribution in [0.25, 0.3) is 11.5 Å². The van der Waals surface area contributed by atoms with Gasteiger partial charge in [-0.25, -0.2) is 17.5 Å². The fourth-order valence-electron chi connectivity index (χ4n) is 3.19. The fourth-order valence-corrected chi connectivity index (χ4v) is 4.71. The SMILES string of the molecule is CCN(c1coc(-c2ccc(C(F)(F)F)cc2)n1)S(=O)(=O)c1cc(C)c(C)c(C(=O)OC)c1. The molecule has 1 heterocycles. The van der Waals surface area contributed by atoms with Gasteiger partial charge in [0.25, 0.3) is 10.0 Å². The number of sulfonamides is 1. The minimum Gasteiger partial charge on any atom is -0.465 e. The highest BCUT2D eigenvalue weighted by Crippen LogP contribution is 2.32. The van der Waals surface area contributed by atoms with Gasteiger partial charge in [0.1, 0.15) is 6.26 Å². The van der Waals surface area contributed by atoms with E-state index in [0.717, 1.165) is 22.7 Å². The summed E-state index contributed by atoms with van der Waals surface area (Å²) in [6, 6.07) is 6.83. The first-order chi connectivity index (χ1) is 15.4. The molecule has 0 fully saturated rings. The second kappa shape index (κ2) is 8.89. The van der Waals surface area contributed by atoms with Crippen LogP contribution >= 0.6 is 0 Å². The van der Waals surface area contributed by atoms with Crippen LogP contribution in [0.5, 0.6) is 0 Å². The summed E-state index contributed by atoms with van der Waals surface area (Å²) < 4.78 is 76.1. The first-order valence-electron chi connectivity index (χ1n) is 9.75. The molecule has 0 saturated carbocycles. The van der Waals surface area contributed by atoms with Gasteiger partial charge in [-0.1, -0.05) is 0 Å². The molecule has 0 spiro atoms. The van der Waals surface area contributed by atoms with Gasteiger partial charge in [-0.05, 0) is 68.3 Å². The Morgan fingerprint density at radius 3 is 2.33 bits per heavy atom. The molecule has 0 bridgehead atoms. The lowest BCUT2D eigenvalue weighted by Gasteiger charge is -2.21. The largest absolute Gasteiger partial charge is 0.465 e. The van der Waals surface area contributed by atoms with Crippen molar-refractivity contribution in [2.24, 2.45) is 0 Å². The van der Waals surface area contributed by atoms with E-state index < -0.39 is 27.7 Å². The van der Waals surface area contributed by atoms with E-state index in [1.807, 2.05) is 0 Å². The number of alkyl halides is 3. The van der Waals surface area contributed by atoms with Gasteiger partial charge in [0.05, 0.1) is 23.1 Å². The predicted molar refractivity (Wildman–Crippen MR) is 114 cm³/mol. The molecule has 0 radical (unpaired) electrons. The Morgan fingerprint density at radius 1 is 1.15 bits per heavy atom. The second-order valence-corrected chi connectivity index (χ2v) is 9.02. The fraction of sp³-hybridized carbons (Fsp3) is 0.273. The Labute approximate surface area is 188 Å². The molecule has 0 saturated heterocycles. The van der Waals surface area contributed by atoms with Crippen LogP contribution < -0.4 is 4.31 Å². The van der Waals surface area contributed by atoms with Gasteiger partial charge in [-0.3, -0.25) is 0 Å². The number of benzene rings is 2. The maximum Gasteiger partial charge on any atom is 0.416 e. The zero-order valence-corrected chi connectivity index (χ0v) is 19.0. The van der Waals surface area contributed by atoms with Crippen LogP contribution in [0.3, 0.4) is 0 Å². The number of aromatic nitrogens is 1. The summed E-state index contributed by atoms with van der Waals surface area (Å²) in [6.45, 7) is 4.94. The topological polar surface area (TPSA) is 89.7 Å². The molecular formula is C22H21F3N2O5S. The minimum atomic E-state index is -4.48. The van der Waals surface area contributed by atoms with E-state index in [0.29, 0.717) is 11.1 Å². The Balaban J connectivity index is 1.99. The van der Waals surface area contributed by atoms with E-state index in [4.69, 9.17) is 9.15 Å². The monoisotopic (exact) mass is 482 g/mol. The Morgan fingerprint density at radius 2 is 1.79 bits per heavy atom. The molecular weight excluding hydrogens is 461 g/mol. The second-order valence-electron chi connectivity index (χ2n) is 7.16. The average Bonchev–Trinajstić information content (AvgIpc) is 3.24. The molecule has 11 heteroatoms. The molecule has 3 aromatic rings. The van der Waals surface area contributed by atoms with Crippen LogP contribution in [-0.4, -0.2) is 33.0 Å². The van der Waals surface area contributed by atoms with E-state index in [1.54, 1.807) is 20.8 Å². The van der Waals surface area contributed by atoms with Gasteiger partial charge in [-0.2, -0.15) is 18.2 Å². The van der Waals surface area contributed by atoms with Crippen molar-refractivity contribution in [1.82, 2.24) is 4.98 Å². The Hall–Kier alpha value is -3.34. The van der Waals surface area contributed by atoms with Gasteiger partial charge in [0, 0.05) is 12.1 Å². The molecule has 0 aliphatic heterocycles. The lowest BCUT2D eigenvalue weighted by Crippen LogP contribution is -2.31. The summed E-state index contributed by atoms with van der Waals surface area (Å²) in [5.74, 6) is -0.755. The van der Waals surface area contributed by atoms with Crippen LogP contribution in [-0.2, 0) is 20.9 Å². The third kappa shape index (κ3) is 4.72. The number of carbonyl (C=O) groups is 1. The van der Waals surface area contributed by atoms with E-state index in [-0.39, 0.29) is 34.3 Å². The lowest BCUT2D eigenvalue weighted by molar-refractivity contribution is -0.137. The number of hydrogen-bond donors (Lipinski definition) is 0. The number of ether oxygens (including phenoxy) is 1. The van der Waals surface area contributed by atoms with Crippen LogP contribution in [0, 0.1) is 13.8 Å². The van der Waals surface area contributed by atoms with Crippen LogP contribution in [0.15, 0.2) is 52.0 Å². The highest BCUT2D eigenvalue weighted by atomic mass is 32.2. The molecule has 33 heavy (non-hydrogen) atoms. The standard InChI is InChI=1S/C22H21F3N2O5S/c1-5-27(33(29,30)17-10-13(2)14(3)18(11-17)21(28)31-4)19-12-32-20(26-19)15-6-8-16(9-7-15)22(23,24)25/h6-12H,5H2,1-4H3. The summed E-state index contributed by atoms with van der Waals surface area (Å²) in [6.07, 6.45) is -3.38. The lowest BCUT2D eigenvalue weighted by atomic mass is 10.0. The normalized spacial score (nSPS) is 12.0. The molecule has 0 atom stereocenters. The first kappa shape index (κ1) is 24.3. The van der Waals surface area contributed by atoms with Crippen molar-refractivity contribution in [3.63, 3.8) is 0 Å². The van der Waals surface area contributed by atoms with E-state index in [9.17, 15) is 26.4 Å². The zero-order valence-electron chi connectivity index (χ0n) is 18.2. The molecule has 2 aromatic carbocycles. The third-order valence-electron chi connectivity index (χ3n) is 5.13. The number of oxazole rings is 1. The Bertz CT molecular complexity index is 1280. The van der Waals surface area contributed by atoms with Crippen LogP contribution in [0.2, 0.25) is 0 Å². The summed E-state index contributed by atoms with van der Waals surface area (Å²) in [5, 5.41) is 0. The van der Waals surface area contributed by atoms with Gasteiger partial charge in [0.15, 0.2) is 5.82 Å². The van der Waals surface area contributed by atoms with Crippen molar-refractivity contribution in [3.05, 3.63) is 64.9 Å². The molecule has 0 aliphatic rings. The molecule has 0 N–H and O–H groups in total. The van der Waals surface area contributed by atoms with E-state index in [2.05, 4.69) is 4.98 Å². The van der Waals surface area contributed by atoms with Crippen LogP contribution in [0.4, 0.5) is 19.0 Å². The number of rotatable bonds is 6. The van der Waals surface area contributed by atoms with Crippen molar-refractivity contribution < 1.29 is 35.5 Å². The summed E-state index contributed by atoms with van der Waals surface area (Å²) in [4.78, 5) is 16.1. The van der Waals surface area contributed by atoms with Crippen molar-refractivity contribution >= 4 is 21.8 Å². The molecule has 176 valence electrons. The maximum absolute atomic E-state index is 13.4. The third-order valence-corrected chi connectivity index (χ3v) is 6.99. The van der Waals surface area contributed by atoms with Crippen molar-refractivity contribution in [1.29, 1.82) is 0 Å². The minimum absolute atomic E-state index is 0.0121. The van der Waals surface area contributed by atoms with Crippen LogP contribution in [0.1, 0.15) is 34.0 Å². The van der Waals surface area contributed by atoms with E-state index in [1.165, 1.54) is 31.4 Å². The zero-order chi connectivity index (χ0) is 24.6. The number of hydrogen-bond acceptors (Lipinski definition) is 6. The number of anilines is 1. The van der Waals surface area contributed by atoms with Crippen molar-refractivity contribution in [3.8, 4) is 11.5 Å². The van der Waals surface area contributed by atoms with Gasteiger partial charge in [0.2, 0.25) is 5.89 Å². The highest BCUT2D eigenvalue weighted by Gasteiger charge is 2.31. The number of nitrogens with zero attached hydrogens (tertiary/aromatic N) is 2. The Kier molecular flexibility index (Phi) is 6.55.